The van der Waals surface area contributed by atoms with Gasteiger partial charge in [0.1, 0.15) is 12.6 Å². The molecule has 0 heterocycles. The van der Waals surface area contributed by atoms with E-state index in [2.05, 4.69) is 5.32 Å². The van der Waals surface area contributed by atoms with Crippen LogP contribution in [0.15, 0.2) is 120 Å². The van der Waals surface area contributed by atoms with Crippen LogP contribution in [0.3, 0.4) is 0 Å². The minimum atomic E-state index is -4.75. The molecular formula is C34H34F3N3O4S. The van der Waals surface area contributed by atoms with Gasteiger partial charge in [-0.15, -0.1) is 0 Å². The summed E-state index contributed by atoms with van der Waals surface area (Å²) in [7, 11) is -4.52. The molecule has 7 nitrogen and oxygen atoms in total. The van der Waals surface area contributed by atoms with E-state index >= 15 is 0 Å². The molecule has 11 heteroatoms. The summed E-state index contributed by atoms with van der Waals surface area (Å²) in [4.78, 5) is 29.0. The molecule has 0 fully saturated rings. The van der Waals surface area contributed by atoms with Gasteiger partial charge < -0.3 is 10.2 Å². The van der Waals surface area contributed by atoms with Crippen LogP contribution in [0.2, 0.25) is 0 Å². The highest BCUT2D eigenvalue weighted by Gasteiger charge is 2.36. The van der Waals surface area contributed by atoms with Crippen LogP contribution < -0.4 is 9.62 Å². The van der Waals surface area contributed by atoms with Gasteiger partial charge in [0.15, 0.2) is 0 Å². The molecule has 0 aliphatic heterocycles. The summed E-state index contributed by atoms with van der Waals surface area (Å²) < 4.78 is 69.6. The molecule has 4 aromatic carbocycles. The lowest BCUT2D eigenvalue weighted by Crippen LogP contribution is -2.53. The lowest BCUT2D eigenvalue weighted by Gasteiger charge is -2.34. The maximum atomic E-state index is 14.3. The predicted octanol–water partition coefficient (Wildman–Crippen LogP) is 6.07. The zero-order valence-electron chi connectivity index (χ0n) is 24.7. The number of anilines is 1. The molecule has 1 N–H and O–H groups in total. The van der Waals surface area contributed by atoms with E-state index in [0.29, 0.717) is 28.9 Å². The maximum Gasteiger partial charge on any atom is 0.416 e. The van der Waals surface area contributed by atoms with E-state index in [9.17, 15) is 31.2 Å². The Labute approximate surface area is 261 Å². The fourth-order valence-corrected chi connectivity index (χ4v) is 6.21. The predicted molar refractivity (Wildman–Crippen MR) is 167 cm³/mol. The summed E-state index contributed by atoms with van der Waals surface area (Å²) in [5.41, 5.74) is 0.0508. The minimum absolute atomic E-state index is 0.0431. The highest BCUT2D eigenvalue weighted by atomic mass is 32.2. The topological polar surface area (TPSA) is 86.8 Å². The van der Waals surface area contributed by atoms with Gasteiger partial charge in [-0.2, -0.15) is 13.2 Å². The molecule has 4 aromatic rings. The third-order valence-corrected chi connectivity index (χ3v) is 8.88. The molecule has 0 unspecified atom stereocenters. The Balaban J connectivity index is 1.81. The molecule has 2 amide bonds. The van der Waals surface area contributed by atoms with Crippen LogP contribution >= 0.6 is 0 Å². The third kappa shape index (κ3) is 8.72. The van der Waals surface area contributed by atoms with E-state index in [1.807, 2.05) is 37.3 Å². The number of hydrogen-bond donors (Lipinski definition) is 1. The number of halogens is 3. The van der Waals surface area contributed by atoms with Gasteiger partial charge >= 0.3 is 6.18 Å². The lowest BCUT2D eigenvalue weighted by molar-refractivity contribution is -0.140. The summed E-state index contributed by atoms with van der Waals surface area (Å²) in [5.74, 6) is -1.19. The zero-order chi connectivity index (χ0) is 32.5. The highest BCUT2D eigenvalue weighted by molar-refractivity contribution is 7.92. The standard InChI is InChI=1S/C34H34F3N3O4S/c1-2-21-38-33(42)31(22-26-13-6-3-7-14-26)39(24-27-15-8-4-9-16-27)32(41)25-40(45(43,44)30-19-10-5-11-20-30)29-18-12-17-28(23-29)34(35,36)37/h3-20,23,31H,2,21-22,24-25H2,1H3,(H,38,42)/t31-/m1/s1. The number of amides is 2. The van der Waals surface area contributed by atoms with Crippen molar-refractivity contribution in [1.82, 2.24) is 10.2 Å². The maximum absolute atomic E-state index is 14.3. The summed E-state index contributed by atoms with van der Waals surface area (Å²) in [5, 5.41) is 2.85. The Morgan fingerprint density at radius 2 is 1.38 bits per heavy atom. The van der Waals surface area contributed by atoms with Gasteiger partial charge in [-0.25, -0.2) is 8.42 Å². The lowest BCUT2D eigenvalue weighted by atomic mass is 10.0. The number of carbonyl (C=O) groups excluding carboxylic acids is 2. The van der Waals surface area contributed by atoms with E-state index < -0.39 is 46.2 Å². The van der Waals surface area contributed by atoms with Gasteiger partial charge in [0.25, 0.3) is 10.0 Å². The quantitative estimate of drug-likeness (QED) is 0.193. The summed E-state index contributed by atoms with van der Waals surface area (Å²) in [6.07, 6.45) is -3.97. The summed E-state index contributed by atoms with van der Waals surface area (Å²) in [6.45, 7) is 1.35. The highest BCUT2D eigenvalue weighted by Crippen LogP contribution is 2.33. The molecule has 0 saturated carbocycles. The number of nitrogens with zero attached hydrogens (tertiary/aromatic N) is 2. The number of benzene rings is 4. The van der Waals surface area contributed by atoms with Crippen molar-refractivity contribution in [1.29, 1.82) is 0 Å². The van der Waals surface area contributed by atoms with Gasteiger partial charge in [0, 0.05) is 19.5 Å². The first-order valence-electron chi connectivity index (χ1n) is 14.4. The number of alkyl halides is 3. The summed E-state index contributed by atoms with van der Waals surface area (Å²) in [6, 6.07) is 27.9. The Morgan fingerprint density at radius 1 is 0.800 bits per heavy atom. The zero-order valence-corrected chi connectivity index (χ0v) is 25.5. The molecule has 45 heavy (non-hydrogen) atoms. The van der Waals surface area contributed by atoms with Crippen LogP contribution in [0.1, 0.15) is 30.0 Å². The number of nitrogens with one attached hydrogen (secondary N) is 1. The Kier molecular flexibility index (Phi) is 11.0. The second kappa shape index (κ2) is 14.9. The average molecular weight is 638 g/mol. The first-order valence-corrected chi connectivity index (χ1v) is 15.8. The molecule has 0 spiro atoms. The van der Waals surface area contributed by atoms with Crippen molar-refractivity contribution < 1.29 is 31.2 Å². The van der Waals surface area contributed by atoms with Crippen LogP contribution in [-0.2, 0) is 38.8 Å². The molecule has 0 aliphatic rings. The second-order valence-corrected chi connectivity index (χ2v) is 12.2. The molecule has 0 aliphatic carbocycles. The van der Waals surface area contributed by atoms with Crippen molar-refractivity contribution >= 4 is 27.5 Å². The number of rotatable bonds is 13. The van der Waals surface area contributed by atoms with Gasteiger partial charge in [-0.1, -0.05) is 91.9 Å². The van der Waals surface area contributed by atoms with Crippen molar-refractivity contribution in [3.05, 3.63) is 132 Å². The first kappa shape index (κ1) is 33.3. The van der Waals surface area contributed by atoms with Crippen LogP contribution in [0.4, 0.5) is 18.9 Å². The molecule has 4 rings (SSSR count). The molecular weight excluding hydrogens is 603 g/mol. The van der Waals surface area contributed by atoms with Gasteiger partial charge in [0.05, 0.1) is 16.1 Å². The minimum Gasteiger partial charge on any atom is -0.354 e. The monoisotopic (exact) mass is 637 g/mol. The van der Waals surface area contributed by atoms with Gasteiger partial charge in [0.2, 0.25) is 11.8 Å². The summed E-state index contributed by atoms with van der Waals surface area (Å²) >= 11 is 0. The van der Waals surface area contributed by atoms with Crippen molar-refractivity contribution in [3.63, 3.8) is 0 Å². The van der Waals surface area contributed by atoms with Crippen molar-refractivity contribution in [2.75, 3.05) is 17.4 Å². The number of sulfonamides is 1. The number of carbonyl (C=O) groups is 2. The first-order chi connectivity index (χ1) is 21.5. The van der Waals surface area contributed by atoms with E-state index in [0.717, 1.165) is 17.7 Å². The SMILES string of the molecule is CCCNC(=O)[C@@H](Cc1ccccc1)N(Cc1ccccc1)C(=O)CN(c1cccc(C(F)(F)F)c1)S(=O)(=O)c1ccccc1. The molecule has 0 saturated heterocycles. The molecule has 0 radical (unpaired) electrons. The smallest absolute Gasteiger partial charge is 0.354 e. The Hall–Kier alpha value is -4.64. The Bertz CT molecular complexity index is 1670. The normalized spacial score (nSPS) is 12.3. The molecule has 1 atom stereocenters. The van der Waals surface area contributed by atoms with E-state index in [4.69, 9.17) is 0 Å². The fourth-order valence-electron chi connectivity index (χ4n) is 4.79. The second-order valence-electron chi connectivity index (χ2n) is 10.4. The largest absolute Gasteiger partial charge is 0.416 e. The third-order valence-electron chi connectivity index (χ3n) is 7.09. The van der Waals surface area contributed by atoms with Crippen LogP contribution in [0, 0.1) is 0 Å². The van der Waals surface area contributed by atoms with E-state index in [-0.39, 0.29) is 23.5 Å². The molecule has 236 valence electrons. The molecule has 0 aromatic heterocycles. The number of hydrogen-bond acceptors (Lipinski definition) is 4. The van der Waals surface area contributed by atoms with E-state index in [1.165, 1.54) is 35.2 Å². The van der Waals surface area contributed by atoms with Gasteiger partial charge in [-0.3, -0.25) is 13.9 Å². The van der Waals surface area contributed by atoms with Crippen LogP contribution in [0.25, 0.3) is 0 Å². The van der Waals surface area contributed by atoms with Crippen molar-refractivity contribution in [3.8, 4) is 0 Å². The fraction of sp³-hybridized carbons (Fsp3) is 0.235. The van der Waals surface area contributed by atoms with Crippen molar-refractivity contribution in [2.24, 2.45) is 0 Å². The van der Waals surface area contributed by atoms with Gasteiger partial charge in [-0.05, 0) is 47.9 Å². The Morgan fingerprint density at radius 3 is 1.96 bits per heavy atom. The van der Waals surface area contributed by atoms with Crippen LogP contribution in [0.5, 0.6) is 0 Å². The van der Waals surface area contributed by atoms with Crippen molar-refractivity contribution in [2.45, 2.75) is 43.4 Å². The molecule has 0 bridgehead atoms. The van der Waals surface area contributed by atoms with E-state index in [1.54, 1.807) is 36.4 Å². The average Bonchev–Trinajstić information content (AvgIpc) is 3.05. The van der Waals surface area contributed by atoms with Crippen LogP contribution in [-0.4, -0.2) is 44.3 Å².